The van der Waals surface area contributed by atoms with Crippen molar-refractivity contribution in [2.75, 3.05) is 0 Å². The highest BCUT2D eigenvalue weighted by Gasteiger charge is 2.15. The number of aromatic nitrogens is 3. The SMILES string of the molecule is Cc1ccc2[nH]c3c(=O)n(C(C)c4ccccc4)cnc3c2c1. The number of H-pyrrole nitrogens is 1. The van der Waals surface area contributed by atoms with Gasteiger partial charge in [-0.05, 0) is 31.5 Å². The van der Waals surface area contributed by atoms with Crippen molar-refractivity contribution in [1.82, 2.24) is 14.5 Å². The van der Waals surface area contributed by atoms with Crippen LogP contribution in [0.2, 0.25) is 0 Å². The Morgan fingerprint density at radius 1 is 1.13 bits per heavy atom. The van der Waals surface area contributed by atoms with E-state index in [0.29, 0.717) is 5.52 Å². The molecule has 4 heteroatoms. The molecule has 0 radical (unpaired) electrons. The van der Waals surface area contributed by atoms with Crippen LogP contribution >= 0.6 is 0 Å². The van der Waals surface area contributed by atoms with Gasteiger partial charge in [-0.25, -0.2) is 4.98 Å². The van der Waals surface area contributed by atoms with Crippen LogP contribution in [0, 0.1) is 6.92 Å². The molecular weight excluding hydrogens is 286 g/mol. The summed E-state index contributed by atoms with van der Waals surface area (Å²) in [6.07, 6.45) is 1.65. The van der Waals surface area contributed by atoms with Crippen molar-refractivity contribution < 1.29 is 0 Å². The molecule has 0 spiro atoms. The fourth-order valence-corrected chi connectivity index (χ4v) is 3.05. The van der Waals surface area contributed by atoms with Crippen molar-refractivity contribution in [3.8, 4) is 0 Å². The topological polar surface area (TPSA) is 50.7 Å². The lowest BCUT2D eigenvalue weighted by molar-refractivity contribution is 0.608. The number of hydrogen-bond donors (Lipinski definition) is 1. The smallest absolute Gasteiger partial charge is 0.278 e. The lowest BCUT2D eigenvalue weighted by Crippen LogP contribution is -2.24. The number of aryl methyl sites for hydroxylation is 1. The summed E-state index contributed by atoms with van der Waals surface area (Å²) in [5, 5.41) is 0.997. The van der Waals surface area contributed by atoms with E-state index in [-0.39, 0.29) is 11.6 Å². The Morgan fingerprint density at radius 3 is 2.70 bits per heavy atom. The molecule has 4 aromatic rings. The van der Waals surface area contributed by atoms with Gasteiger partial charge in [0.05, 0.1) is 12.4 Å². The van der Waals surface area contributed by atoms with Crippen LogP contribution in [0.3, 0.4) is 0 Å². The van der Waals surface area contributed by atoms with Gasteiger partial charge in [0.25, 0.3) is 5.56 Å². The highest BCUT2D eigenvalue weighted by molar-refractivity contribution is 6.04. The van der Waals surface area contributed by atoms with Gasteiger partial charge < -0.3 is 4.98 Å². The van der Waals surface area contributed by atoms with E-state index in [9.17, 15) is 4.79 Å². The van der Waals surface area contributed by atoms with Crippen LogP contribution in [0.5, 0.6) is 0 Å². The van der Waals surface area contributed by atoms with Gasteiger partial charge in [0.2, 0.25) is 0 Å². The summed E-state index contributed by atoms with van der Waals surface area (Å²) in [5.41, 5.74) is 4.45. The second-order valence-corrected chi connectivity index (χ2v) is 5.94. The minimum absolute atomic E-state index is 0.0415. The molecule has 1 N–H and O–H groups in total. The zero-order valence-corrected chi connectivity index (χ0v) is 13.1. The molecule has 1 unspecified atom stereocenters. The van der Waals surface area contributed by atoms with Gasteiger partial charge in [0, 0.05) is 10.9 Å². The average Bonchev–Trinajstić information content (AvgIpc) is 2.94. The van der Waals surface area contributed by atoms with Gasteiger partial charge in [-0.2, -0.15) is 0 Å². The number of nitrogens with one attached hydrogen (secondary N) is 1. The van der Waals surface area contributed by atoms with E-state index in [4.69, 9.17) is 0 Å². The second-order valence-electron chi connectivity index (χ2n) is 5.94. The Bertz CT molecular complexity index is 1060. The molecule has 1 atom stereocenters. The van der Waals surface area contributed by atoms with Crippen LogP contribution in [0.15, 0.2) is 59.7 Å². The van der Waals surface area contributed by atoms with Crippen molar-refractivity contribution in [2.45, 2.75) is 19.9 Å². The van der Waals surface area contributed by atoms with Crippen LogP contribution in [0.1, 0.15) is 24.1 Å². The molecule has 23 heavy (non-hydrogen) atoms. The number of aromatic amines is 1. The zero-order valence-electron chi connectivity index (χ0n) is 13.1. The van der Waals surface area contributed by atoms with E-state index < -0.39 is 0 Å². The number of fused-ring (bicyclic) bond motifs is 3. The molecule has 2 heterocycles. The molecule has 2 aromatic heterocycles. The highest BCUT2D eigenvalue weighted by atomic mass is 16.1. The van der Waals surface area contributed by atoms with Crippen LogP contribution in [0.4, 0.5) is 0 Å². The van der Waals surface area contributed by atoms with Crippen molar-refractivity contribution in [2.24, 2.45) is 0 Å². The monoisotopic (exact) mass is 303 g/mol. The minimum Gasteiger partial charge on any atom is -0.349 e. The summed E-state index contributed by atoms with van der Waals surface area (Å²) in [5.74, 6) is 0. The molecule has 0 amide bonds. The molecular formula is C19H17N3O. The van der Waals surface area contributed by atoms with E-state index in [0.717, 1.165) is 27.5 Å². The lowest BCUT2D eigenvalue weighted by Gasteiger charge is -2.14. The van der Waals surface area contributed by atoms with Gasteiger partial charge in [-0.1, -0.05) is 42.0 Å². The summed E-state index contributed by atoms with van der Waals surface area (Å²) < 4.78 is 1.68. The number of hydrogen-bond acceptors (Lipinski definition) is 2. The quantitative estimate of drug-likeness (QED) is 0.612. The normalized spacial score (nSPS) is 12.8. The average molecular weight is 303 g/mol. The number of benzene rings is 2. The van der Waals surface area contributed by atoms with E-state index in [1.807, 2.05) is 56.3 Å². The van der Waals surface area contributed by atoms with Crippen LogP contribution < -0.4 is 5.56 Å². The fourth-order valence-electron chi connectivity index (χ4n) is 3.05. The molecule has 114 valence electrons. The standard InChI is InChI=1S/C19H17N3O/c1-12-8-9-16-15(10-12)17-18(21-16)19(23)22(11-20-17)13(2)14-6-4-3-5-7-14/h3-11,13,21H,1-2H3. The maximum Gasteiger partial charge on any atom is 0.278 e. The molecule has 0 aliphatic heterocycles. The Kier molecular flexibility index (Phi) is 3.05. The molecule has 0 saturated carbocycles. The molecule has 0 saturated heterocycles. The summed E-state index contributed by atoms with van der Waals surface area (Å²) >= 11 is 0. The molecule has 2 aromatic carbocycles. The predicted molar refractivity (Wildman–Crippen MR) is 92.9 cm³/mol. The largest absolute Gasteiger partial charge is 0.349 e. The Labute approximate surface area is 133 Å². The van der Waals surface area contributed by atoms with Gasteiger partial charge in [0.1, 0.15) is 11.0 Å². The molecule has 0 bridgehead atoms. The van der Waals surface area contributed by atoms with Crippen molar-refractivity contribution in [1.29, 1.82) is 0 Å². The molecule has 4 nitrogen and oxygen atoms in total. The Balaban J connectivity index is 1.95. The first-order chi connectivity index (χ1) is 11.1. The maximum absolute atomic E-state index is 12.9. The van der Waals surface area contributed by atoms with E-state index in [2.05, 4.69) is 16.0 Å². The summed E-state index contributed by atoms with van der Waals surface area (Å²) in [7, 11) is 0. The van der Waals surface area contributed by atoms with E-state index in [1.165, 1.54) is 0 Å². The zero-order chi connectivity index (χ0) is 16.0. The fraction of sp³-hybridized carbons (Fsp3) is 0.158. The van der Waals surface area contributed by atoms with Gasteiger partial charge in [-0.15, -0.1) is 0 Å². The third kappa shape index (κ3) is 2.14. The first kappa shape index (κ1) is 13.8. The Morgan fingerprint density at radius 2 is 1.91 bits per heavy atom. The van der Waals surface area contributed by atoms with Crippen LogP contribution in [-0.2, 0) is 0 Å². The van der Waals surface area contributed by atoms with E-state index in [1.54, 1.807) is 10.9 Å². The predicted octanol–water partition coefficient (Wildman–Crippen LogP) is 3.80. The first-order valence-corrected chi connectivity index (χ1v) is 7.69. The third-order valence-corrected chi connectivity index (χ3v) is 4.39. The summed E-state index contributed by atoms with van der Waals surface area (Å²) in [6.45, 7) is 4.05. The maximum atomic E-state index is 12.9. The number of rotatable bonds is 2. The Hall–Kier alpha value is -2.88. The molecule has 0 fully saturated rings. The first-order valence-electron chi connectivity index (χ1n) is 7.69. The van der Waals surface area contributed by atoms with Crippen molar-refractivity contribution in [3.05, 3.63) is 76.3 Å². The highest BCUT2D eigenvalue weighted by Crippen LogP contribution is 2.23. The van der Waals surface area contributed by atoms with Crippen molar-refractivity contribution in [3.63, 3.8) is 0 Å². The van der Waals surface area contributed by atoms with Gasteiger partial charge in [-0.3, -0.25) is 9.36 Å². The molecule has 4 rings (SSSR count). The lowest BCUT2D eigenvalue weighted by atomic mass is 10.1. The molecule has 0 aliphatic rings. The van der Waals surface area contributed by atoms with Crippen LogP contribution in [0.25, 0.3) is 21.9 Å². The minimum atomic E-state index is -0.0613. The second kappa shape index (κ2) is 5.09. The number of nitrogens with zero attached hydrogens (tertiary/aromatic N) is 2. The van der Waals surface area contributed by atoms with Crippen molar-refractivity contribution >= 4 is 21.9 Å². The van der Waals surface area contributed by atoms with Gasteiger partial charge >= 0.3 is 0 Å². The summed E-state index contributed by atoms with van der Waals surface area (Å²) in [6, 6.07) is 16.0. The van der Waals surface area contributed by atoms with Crippen LogP contribution in [-0.4, -0.2) is 14.5 Å². The molecule has 0 aliphatic carbocycles. The van der Waals surface area contributed by atoms with Gasteiger partial charge in [0.15, 0.2) is 0 Å². The summed E-state index contributed by atoms with van der Waals surface area (Å²) in [4.78, 5) is 20.7. The third-order valence-electron chi connectivity index (χ3n) is 4.39. The van der Waals surface area contributed by atoms with E-state index >= 15 is 0 Å².